The lowest BCUT2D eigenvalue weighted by atomic mass is 10.0. The zero-order chi connectivity index (χ0) is 13.0. The minimum absolute atomic E-state index is 0.468. The highest BCUT2D eigenvalue weighted by molar-refractivity contribution is 5.18. The van der Waals surface area contributed by atoms with Crippen molar-refractivity contribution in [1.82, 2.24) is 10.2 Å². The summed E-state index contributed by atoms with van der Waals surface area (Å²) in [4.78, 5) is 2.28. The van der Waals surface area contributed by atoms with Crippen LogP contribution in [0.1, 0.15) is 25.3 Å². The predicted molar refractivity (Wildman–Crippen MR) is 68.3 cm³/mol. The van der Waals surface area contributed by atoms with Gasteiger partial charge in [-0.2, -0.15) is 0 Å². The molecule has 1 aromatic rings. The zero-order valence-corrected chi connectivity index (χ0v) is 10.8. The second-order valence-electron chi connectivity index (χ2n) is 4.84. The lowest BCUT2D eigenvalue weighted by Gasteiger charge is -2.34. The van der Waals surface area contributed by atoms with E-state index in [9.17, 15) is 8.78 Å². The molecule has 2 rings (SSSR count). The molecule has 1 saturated heterocycles. The first-order chi connectivity index (χ1) is 8.69. The van der Waals surface area contributed by atoms with Crippen molar-refractivity contribution >= 4 is 0 Å². The number of benzene rings is 1. The van der Waals surface area contributed by atoms with E-state index in [2.05, 4.69) is 17.1 Å². The van der Waals surface area contributed by atoms with E-state index in [0.717, 1.165) is 32.1 Å². The molecule has 1 fully saturated rings. The van der Waals surface area contributed by atoms with Crippen LogP contribution in [0.5, 0.6) is 0 Å². The molecule has 1 atom stereocenters. The number of rotatable bonds is 4. The van der Waals surface area contributed by atoms with E-state index in [-0.39, 0.29) is 0 Å². The SMILES string of the molecule is CCN(Cc1cc(F)cc(F)c1)C1CCCNC1. The van der Waals surface area contributed by atoms with E-state index in [1.165, 1.54) is 18.6 Å². The summed E-state index contributed by atoms with van der Waals surface area (Å²) in [6.07, 6.45) is 2.32. The Morgan fingerprint density at radius 1 is 1.28 bits per heavy atom. The largest absolute Gasteiger partial charge is 0.315 e. The predicted octanol–water partition coefficient (Wildman–Crippen LogP) is 2.54. The Balaban J connectivity index is 2.04. The minimum atomic E-state index is -0.497. The number of halogens is 2. The summed E-state index contributed by atoms with van der Waals surface area (Å²) >= 11 is 0. The number of hydrogen-bond acceptors (Lipinski definition) is 2. The maximum atomic E-state index is 13.2. The summed E-state index contributed by atoms with van der Waals surface area (Å²) in [5, 5.41) is 3.37. The Kier molecular flexibility index (Phi) is 4.66. The number of nitrogens with zero attached hydrogens (tertiary/aromatic N) is 1. The second kappa shape index (κ2) is 6.25. The topological polar surface area (TPSA) is 15.3 Å². The third-order valence-corrected chi connectivity index (χ3v) is 3.50. The van der Waals surface area contributed by atoms with Crippen molar-refractivity contribution in [3.05, 3.63) is 35.4 Å². The molecule has 0 aromatic heterocycles. The van der Waals surface area contributed by atoms with Crippen LogP contribution in [0.4, 0.5) is 8.78 Å². The van der Waals surface area contributed by atoms with Gasteiger partial charge in [-0.1, -0.05) is 6.92 Å². The van der Waals surface area contributed by atoms with Crippen LogP contribution in [0.15, 0.2) is 18.2 Å². The van der Waals surface area contributed by atoms with Gasteiger partial charge < -0.3 is 5.32 Å². The number of likely N-dealkylation sites (N-methyl/N-ethyl adjacent to an activating group) is 1. The summed E-state index contributed by atoms with van der Waals surface area (Å²) in [6.45, 7) is 5.63. The smallest absolute Gasteiger partial charge is 0.126 e. The fraction of sp³-hybridized carbons (Fsp3) is 0.571. The highest BCUT2D eigenvalue weighted by Crippen LogP contribution is 2.16. The standard InChI is InChI=1S/C14H20F2N2/c1-2-18(14-4-3-5-17-9-14)10-11-6-12(15)8-13(16)7-11/h6-8,14,17H,2-5,9-10H2,1H3. The van der Waals surface area contributed by atoms with E-state index in [0.29, 0.717) is 18.2 Å². The average molecular weight is 254 g/mol. The van der Waals surface area contributed by atoms with Gasteiger partial charge in [0.1, 0.15) is 11.6 Å². The molecule has 1 heterocycles. The van der Waals surface area contributed by atoms with Gasteiger partial charge in [0.15, 0.2) is 0 Å². The van der Waals surface area contributed by atoms with Gasteiger partial charge >= 0.3 is 0 Å². The third-order valence-electron chi connectivity index (χ3n) is 3.50. The quantitative estimate of drug-likeness (QED) is 0.888. The summed E-state index contributed by atoms with van der Waals surface area (Å²) < 4.78 is 26.3. The first-order valence-electron chi connectivity index (χ1n) is 6.58. The third kappa shape index (κ3) is 3.50. The summed E-state index contributed by atoms with van der Waals surface area (Å²) in [5.41, 5.74) is 0.708. The minimum Gasteiger partial charge on any atom is -0.315 e. The van der Waals surface area contributed by atoms with Gasteiger partial charge in [0.25, 0.3) is 0 Å². The van der Waals surface area contributed by atoms with Gasteiger partial charge in [0.05, 0.1) is 0 Å². The molecule has 0 radical (unpaired) electrons. The molecule has 1 aromatic carbocycles. The Bertz CT molecular complexity index is 369. The van der Waals surface area contributed by atoms with Gasteiger partial charge in [0.2, 0.25) is 0 Å². The summed E-state index contributed by atoms with van der Waals surface area (Å²) in [5.74, 6) is -0.995. The van der Waals surface area contributed by atoms with E-state index in [1.807, 2.05) is 0 Å². The number of nitrogens with one attached hydrogen (secondary N) is 1. The van der Waals surface area contributed by atoms with Crippen molar-refractivity contribution in [2.75, 3.05) is 19.6 Å². The maximum absolute atomic E-state index is 13.2. The second-order valence-corrected chi connectivity index (χ2v) is 4.84. The first-order valence-corrected chi connectivity index (χ1v) is 6.58. The normalized spacial score (nSPS) is 20.3. The van der Waals surface area contributed by atoms with Crippen LogP contribution < -0.4 is 5.32 Å². The van der Waals surface area contributed by atoms with Gasteiger partial charge in [0, 0.05) is 25.2 Å². The summed E-state index contributed by atoms with van der Waals surface area (Å²) in [7, 11) is 0. The fourth-order valence-corrected chi connectivity index (χ4v) is 2.58. The molecule has 0 aliphatic carbocycles. The molecule has 0 bridgehead atoms. The van der Waals surface area contributed by atoms with Crippen molar-refractivity contribution < 1.29 is 8.78 Å². The fourth-order valence-electron chi connectivity index (χ4n) is 2.58. The van der Waals surface area contributed by atoms with Crippen molar-refractivity contribution in [3.63, 3.8) is 0 Å². The molecular weight excluding hydrogens is 234 g/mol. The Labute approximate surface area is 107 Å². The average Bonchev–Trinajstić information content (AvgIpc) is 2.36. The molecule has 1 aliphatic heterocycles. The molecular formula is C14H20F2N2. The monoisotopic (exact) mass is 254 g/mol. The van der Waals surface area contributed by atoms with E-state index >= 15 is 0 Å². The van der Waals surface area contributed by atoms with Gasteiger partial charge in [-0.05, 0) is 43.6 Å². The highest BCUT2D eigenvalue weighted by atomic mass is 19.1. The summed E-state index contributed by atoms with van der Waals surface area (Å²) in [6, 6.07) is 4.22. The Morgan fingerprint density at radius 3 is 2.56 bits per heavy atom. The van der Waals surface area contributed by atoms with Crippen molar-refractivity contribution in [2.24, 2.45) is 0 Å². The lowest BCUT2D eigenvalue weighted by molar-refractivity contribution is 0.166. The molecule has 0 saturated carbocycles. The van der Waals surface area contributed by atoms with E-state index in [1.54, 1.807) is 0 Å². The van der Waals surface area contributed by atoms with Crippen LogP contribution in [0.2, 0.25) is 0 Å². The zero-order valence-electron chi connectivity index (χ0n) is 10.8. The Morgan fingerprint density at radius 2 is 2.00 bits per heavy atom. The molecule has 100 valence electrons. The van der Waals surface area contributed by atoms with Gasteiger partial charge in [-0.25, -0.2) is 8.78 Å². The molecule has 1 N–H and O–H groups in total. The molecule has 0 amide bonds. The first kappa shape index (κ1) is 13.4. The van der Waals surface area contributed by atoms with Crippen molar-refractivity contribution in [2.45, 2.75) is 32.4 Å². The molecule has 1 aliphatic rings. The number of piperidine rings is 1. The molecule has 18 heavy (non-hydrogen) atoms. The van der Waals surface area contributed by atoms with E-state index in [4.69, 9.17) is 0 Å². The van der Waals surface area contributed by atoms with Crippen LogP contribution in [0.3, 0.4) is 0 Å². The van der Waals surface area contributed by atoms with Gasteiger partial charge in [-0.15, -0.1) is 0 Å². The maximum Gasteiger partial charge on any atom is 0.126 e. The van der Waals surface area contributed by atoms with Gasteiger partial charge in [-0.3, -0.25) is 4.90 Å². The molecule has 4 heteroatoms. The van der Waals surface area contributed by atoms with Crippen LogP contribution in [-0.2, 0) is 6.54 Å². The number of hydrogen-bond donors (Lipinski definition) is 1. The van der Waals surface area contributed by atoms with Crippen molar-refractivity contribution in [1.29, 1.82) is 0 Å². The van der Waals surface area contributed by atoms with Crippen LogP contribution in [0, 0.1) is 11.6 Å². The van der Waals surface area contributed by atoms with E-state index < -0.39 is 11.6 Å². The molecule has 1 unspecified atom stereocenters. The molecule has 2 nitrogen and oxygen atoms in total. The van der Waals surface area contributed by atoms with Crippen molar-refractivity contribution in [3.8, 4) is 0 Å². The van der Waals surface area contributed by atoms with Crippen LogP contribution in [-0.4, -0.2) is 30.6 Å². The molecule has 0 spiro atoms. The highest BCUT2D eigenvalue weighted by Gasteiger charge is 2.19. The lowest BCUT2D eigenvalue weighted by Crippen LogP contribution is -2.45. The van der Waals surface area contributed by atoms with Crippen LogP contribution in [0.25, 0.3) is 0 Å². The Hall–Kier alpha value is -1.00. The van der Waals surface area contributed by atoms with Crippen LogP contribution >= 0.6 is 0 Å².